The Morgan fingerprint density at radius 2 is 1.62 bits per heavy atom. The topological polar surface area (TPSA) is 146 Å². The Morgan fingerprint density at radius 3 is 2.40 bits per heavy atom. The van der Waals surface area contributed by atoms with Gasteiger partial charge in [-0.05, 0) is 116 Å². The number of ether oxygens (including phenoxy) is 1. The summed E-state index contributed by atoms with van der Waals surface area (Å²) < 4.78 is 33.8. The van der Waals surface area contributed by atoms with Crippen molar-refractivity contribution in [1.82, 2.24) is 9.62 Å². The maximum Gasteiger partial charge on any atom is 0.293 e. The van der Waals surface area contributed by atoms with Crippen molar-refractivity contribution in [1.29, 1.82) is 0 Å². The smallest absolute Gasteiger partial charge is 0.293 e. The van der Waals surface area contributed by atoms with Gasteiger partial charge in [-0.1, -0.05) is 24.6 Å². The molecule has 0 radical (unpaired) electrons. The largest absolute Gasteiger partial charge is 0.382 e. The van der Waals surface area contributed by atoms with Crippen LogP contribution in [0, 0.1) is 39.7 Å². The van der Waals surface area contributed by atoms with E-state index in [1.165, 1.54) is 55.5 Å². The second-order valence-corrected chi connectivity index (χ2v) is 17.4. The van der Waals surface area contributed by atoms with Gasteiger partial charge in [0.15, 0.2) is 0 Å². The van der Waals surface area contributed by atoms with Crippen molar-refractivity contribution in [2.24, 2.45) is 29.6 Å². The molecule has 8 rings (SSSR count). The molecule has 2 bridgehead atoms. The van der Waals surface area contributed by atoms with Crippen molar-refractivity contribution in [2.75, 3.05) is 61.5 Å². The van der Waals surface area contributed by atoms with Gasteiger partial charge in [-0.3, -0.25) is 19.8 Å². The molecule has 13 heteroatoms. The van der Waals surface area contributed by atoms with Crippen LogP contribution in [0.3, 0.4) is 0 Å². The third-order valence-electron chi connectivity index (χ3n) is 12.7. The fourth-order valence-electron chi connectivity index (χ4n) is 9.89. The van der Waals surface area contributed by atoms with Gasteiger partial charge in [0.1, 0.15) is 5.69 Å². The molecule has 5 unspecified atom stereocenters. The fourth-order valence-corrected chi connectivity index (χ4v) is 10.9. The quantitative estimate of drug-likeness (QED) is 0.147. The number of nitrogens with one attached hydrogen (secondary N) is 3. The SMILES string of the molecule is O=C(NS(=O)(=O)c1ccc(NCC2CCOCC2)c([N+](=O)[O-])c1)c1ccc(N2CCN(Cc3ccccc3NC3CC4CC3C3CCCC43)CC2)cc1. The first-order chi connectivity index (χ1) is 25.7. The number of carbonyl (C=O) groups is 1. The van der Waals surface area contributed by atoms with Crippen LogP contribution in [0.5, 0.6) is 0 Å². The van der Waals surface area contributed by atoms with Crippen LogP contribution in [0.1, 0.15) is 60.9 Å². The summed E-state index contributed by atoms with van der Waals surface area (Å²) in [7, 11) is -4.36. The molecule has 2 heterocycles. The Morgan fingerprint density at radius 1 is 0.868 bits per heavy atom. The van der Waals surface area contributed by atoms with Gasteiger partial charge in [0.25, 0.3) is 21.6 Å². The van der Waals surface area contributed by atoms with Gasteiger partial charge in [0.2, 0.25) is 0 Å². The maximum absolute atomic E-state index is 13.2. The second kappa shape index (κ2) is 15.3. The summed E-state index contributed by atoms with van der Waals surface area (Å²) in [5, 5.41) is 18.9. The monoisotopic (exact) mass is 742 g/mol. The third kappa shape index (κ3) is 7.74. The number of anilines is 3. The highest BCUT2D eigenvalue weighted by molar-refractivity contribution is 7.90. The Kier molecular flexibility index (Phi) is 10.3. The van der Waals surface area contributed by atoms with Gasteiger partial charge in [-0.15, -0.1) is 0 Å². The molecule has 3 aromatic rings. The van der Waals surface area contributed by atoms with Crippen molar-refractivity contribution in [2.45, 2.75) is 62.4 Å². The fraction of sp³-hybridized carbons (Fsp3) is 0.525. The zero-order chi connectivity index (χ0) is 36.5. The van der Waals surface area contributed by atoms with Crippen LogP contribution >= 0.6 is 0 Å². The molecule has 0 aromatic heterocycles. The Labute approximate surface area is 311 Å². The number of nitro benzene ring substituents is 1. The Hall–Kier alpha value is -4.20. The molecular weight excluding hydrogens is 693 g/mol. The number of fused-ring (bicyclic) bond motifs is 5. The Bertz CT molecular complexity index is 1910. The van der Waals surface area contributed by atoms with E-state index in [1.54, 1.807) is 12.1 Å². The van der Waals surface area contributed by atoms with E-state index in [9.17, 15) is 23.3 Å². The zero-order valence-corrected chi connectivity index (χ0v) is 30.9. The van der Waals surface area contributed by atoms with E-state index >= 15 is 0 Å². The average molecular weight is 743 g/mol. The molecule has 1 amide bonds. The van der Waals surface area contributed by atoms with Crippen molar-refractivity contribution in [3.63, 3.8) is 0 Å². The molecule has 3 aromatic carbocycles. The summed E-state index contributed by atoms with van der Waals surface area (Å²) in [6.07, 6.45) is 8.74. The number of benzene rings is 3. The molecule has 3 saturated carbocycles. The first kappa shape index (κ1) is 35.8. The van der Waals surface area contributed by atoms with Crippen LogP contribution in [-0.2, 0) is 21.3 Å². The first-order valence-electron chi connectivity index (χ1n) is 19.3. The molecule has 5 aliphatic rings. The summed E-state index contributed by atoms with van der Waals surface area (Å²) in [5.41, 5.74) is 3.65. The van der Waals surface area contributed by atoms with Crippen LogP contribution in [0.15, 0.2) is 71.6 Å². The maximum atomic E-state index is 13.2. The minimum atomic E-state index is -4.36. The van der Waals surface area contributed by atoms with E-state index in [0.29, 0.717) is 31.7 Å². The highest BCUT2D eigenvalue weighted by Gasteiger charge is 2.53. The normalized spacial score (nSPS) is 26.0. The van der Waals surface area contributed by atoms with Crippen molar-refractivity contribution >= 4 is 38.7 Å². The number of amides is 1. The van der Waals surface area contributed by atoms with Crippen LogP contribution in [-0.4, -0.2) is 76.1 Å². The predicted molar refractivity (Wildman–Crippen MR) is 205 cm³/mol. The van der Waals surface area contributed by atoms with E-state index in [2.05, 4.69) is 49.4 Å². The minimum absolute atomic E-state index is 0.184. The van der Waals surface area contributed by atoms with E-state index < -0.39 is 20.9 Å². The lowest BCUT2D eigenvalue weighted by Crippen LogP contribution is -2.46. The van der Waals surface area contributed by atoms with E-state index in [0.717, 1.165) is 81.0 Å². The van der Waals surface area contributed by atoms with E-state index in [4.69, 9.17) is 4.74 Å². The molecule has 2 saturated heterocycles. The number of rotatable bonds is 12. The molecule has 5 fully saturated rings. The van der Waals surface area contributed by atoms with Gasteiger partial charge < -0.3 is 20.3 Å². The van der Waals surface area contributed by atoms with Crippen LogP contribution < -0.4 is 20.3 Å². The van der Waals surface area contributed by atoms with Gasteiger partial charge >= 0.3 is 0 Å². The standard InChI is InChI=1S/C40H50N6O6S/c47-40(43-53(50,51)32-12-13-37(39(24-32)46(48)49)41-25-27-14-20-52-21-15-27)28-8-10-31(11-9-28)45-18-16-44(17-19-45)26-29-4-1-2-7-36(29)42-38-23-30-22-35(38)34-6-3-5-33(30)34/h1-2,4,7-13,24,27,30,33-35,38,41-42H,3,5-6,14-23,25-26H2,(H,43,47). The number of sulfonamides is 1. The lowest BCUT2D eigenvalue weighted by Gasteiger charge is -2.37. The molecule has 3 aliphatic carbocycles. The Balaban J connectivity index is 0.838. The van der Waals surface area contributed by atoms with Crippen molar-refractivity contribution < 1.29 is 22.9 Å². The number of carbonyl (C=O) groups excluding carboxylic acids is 1. The van der Waals surface area contributed by atoms with Gasteiger partial charge in [-0.2, -0.15) is 0 Å². The average Bonchev–Trinajstić information content (AvgIpc) is 3.91. The molecule has 0 spiro atoms. The second-order valence-electron chi connectivity index (χ2n) is 15.7. The van der Waals surface area contributed by atoms with Crippen molar-refractivity contribution in [3.8, 4) is 0 Å². The molecule has 5 atom stereocenters. The lowest BCUT2D eigenvalue weighted by molar-refractivity contribution is -0.384. The number of nitrogens with zero attached hydrogens (tertiary/aromatic N) is 3. The summed E-state index contributed by atoms with van der Waals surface area (Å²) in [6, 6.07) is 19.9. The van der Waals surface area contributed by atoms with E-state index in [-0.39, 0.29) is 21.8 Å². The minimum Gasteiger partial charge on any atom is -0.382 e. The number of piperazine rings is 1. The van der Waals surface area contributed by atoms with Crippen LogP contribution in [0.2, 0.25) is 0 Å². The molecule has 2 aliphatic heterocycles. The summed E-state index contributed by atoms with van der Waals surface area (Å²) in [5.74, 6) is 3.20. The van der Waals surface area contributed by atoms with Gasteiger partial charge in [0.05, 0.1) is 9.82 Å². The first-order valence-corrected chi connectivity index (χ1v) is 20.8. The lowest BCUT2D eigenvalue weighted by atomic mass is 9.79. The third-order valence-corrected chi connectivity index (χ3v) is 14.0. The zero-order valence-electron chi connectivity index (χ0n) is 30.1. The molecule has 53 heavy (non-hydrogen) atoms. The molecule has 3 N–H and O–H groups in total. The van der Waals surface area contributed by atoms with Gasteiger partial charge in [-0.25, -0.2) is 13.1 Å². The predicted octanol–water partition coefficient (Wildman–Crippen LogP) is 6.11. The van der Waals surface area contributed by atoms with Crippen molar-refractivity contribution in [3.05, 3.63) is 88.0 Å². The van der Waals surface area contributed by atoms with E-state index in [1.807, 2.05) is 12.1 Å². The molecule has 282 valence electrons. The highest BCUT2D eigenvalue weighted by atomic mass is 32.2. The summed E-state index contributed by atoms with van der Waals surface area (Å²) in [6.45, 7) is 6.21. The van der Waals surface area contributed by atoms with Crippen LogP contribution in [0.4, 0.5) is 22.7 Å². The number of hydrogen-bond acceptors (Lipinski definition) is 10. The molecular formula is C40H50N6O6S. The number of para-hydroxylation sites is 1. The summed E-state index contributed by atoms with van der Waals surface area (Å²) >= 11 is 0. The highest BCUT2D eigenvalue weighted by Crippen LogP contribution is 2.59. The summed E-state index contributed by atoms with van der Waals surface area (Å²) in [4.78, 5) is 28.7. The molecule has 12 nitrogen and oxygen atoms in total. The van der Waals surface area contributed by atoms with Gasteiger partial charge in [0, 0.05) is 81.5 Å². The van der Waals surface area contributed by atoms with Crippen LogP contribution in [0.25, 0.3) is 0 Å². The number of nitro groups is 1. The number of hydrogen-bond donors (Lipinski definition) is 3.